The fraction of sp³-hybridized carbons (Fsp3) is 0.500. The number of nitrogens with zero attached hydrogens (tertiary/aromatic N) is 1. The van der Waals surface area contributed by atoms with E-state index in [1.807, 2.05) is 6.92 Å². The minimum Gasteiger partial charge on any atom is -0.361 e. The zero-order valence-corrected chi connectivity index (χ0v) is 5.42. The fourth-order valence-electron chi connectivity index (χ4n) is 0.687. The molecule has 0 unspecified atom stereocenters. The van der Waals surface area contributed by atoms with Gasteiger partial charge in [-0.2, -0.15) is 0 Å². The molecular formula is C6H10N2O. The van der Waals surface area contributed by atoms with Crippen LogP contribution in [0.3, 0.4) is 0 Å². The smallest absolute Gasteiger partial charge is 0.140 e. The second-order valence-electron chi connectivity index (χ2n) is 1.97. The molecule has 1 aromatic rings. The molecule has 0 bridgehead atoms. The third-order valence-electron chi connectivity index (χ3n) is 1.22. The lowest BCUT2D eigenvalue weighted by Gasteiger charge is -1.89. The molecule has 0 spiro atoms. The summed E-state index contributed by atoms with van der Waals surface area (Å²) in [5.41, 5.74) is 6.38. The molecule has 0 aliphatic rings. The van der Waals surface area contributed by atoms with Gasteiger partial charge in [0.25, 0.3) is 0 Å². The molecule has 3 nitrogen and oxygen atoms in total. The van der Waals surface area contributed by atoms with E-state index in [4.69, 9.17) is 10.3 Å². The molecule has 2 N–H and O–H groups in total. The average molecular weight is 126 g/mol. The first kappa shape index (κ1) is 6.29. The van der Waals surface area contributed by atoms with Crippen LogP contribution in [0.4, 0.5) is 0 Å². The third kappa shape index (κ3) is 1.29. The van der Waals surface area contributed by atoms with Crippen molar-refractivity contribution in [2.75, 3.05) is 6.54 Å². The van der Waals surface area contributed by atoms with E-state index in [9.17, 15) is 0 Å². The van der Waals surface area contributed by atoms with E-state index in [0.29, 0.717) is 6.54 Å². The van der Waals surface area contributed by atoms with E-state index < -0.39 is 0 Å². The van der Waals surface area contributed by atoms with Crippen LogP contribution in [0.1, 0.15) is 11.3 Å². The van der Waals surface area contributed by atoms with Crippen molar-refractivity contribution in [2.24, 2.45) is 5.73 Å². The number of rotatable bonds is 2. The van der Waals surface area contributed by atoms with Gasteiger partial charge in [-0.3, -0.25) is 0 Å². The van der Waals surface area contributed by atoms with Crippen molar-refractivity contribution < 1.29 is 4.52 Å². The molecule has 0 saturated carbocycles. The molecule has 9 heavy (non-hydrogen) atoms. The molecular weight excluding hydrogens is 116 g/mol. The Labute approximate surface area is 53.8 Å². The van der Waals surface area contributed by atoms with Gasteiger partial charge in [-0.25, -0.2) is 0 Å². The minimum atomic E-state index is 0.621. The average Bonchev–Trinajstić information content (AvgIpc) is 2.18. The lowest BCUT2D eigenvalue weighted by Crippen LogP contribution is -2.02. The lowest BCUT2D eigenvalue weighted by atomic mass is 10.2. The summed E-state index contributed by atoms with van der Waals surface area (Å²) in [6.07, 6.45) is 2.48. The summed E-state index contributed by atoms with van der Waals surface area (Å²) in [6.45, 7) is 2.58. The van der Waals surface area contributed by atoms with E-state index >= 15 is 0 Å². The van der Waals surface area contributed by atoms with E-state index in [1.54, 1.807) is 6.20 Å². The van der Waals surface area contributed by atoms with E-state index in [2.05, 4.69) is 5.16 Å². The largest absolute Gasteiger partial charge is 0.361 e. The van der Waals surface area contributed by atoms with Crippen molar-refractivity contribution in [2.45, 2.75) is 13.3 Å². The molecule has 1 heterocycles. The maximum atomic E-state index is 5.30. The van der Waals surface area contributed by atoms with Crippen LogP contribution in [0.25, 0.3) is 0 Å². The Morgan fingerprint density at radius 1 is 1.78 bits per heavy atom. The second kappa shape index (κ2) is 2.64. The van der Waals surface area contributed by atoms with Gasteiger partial charge in [0, 0.05) is 12.0 Å². The summed E-state index contributed by atoms with van der Waals surface area (Å²) < 4.78 is 4.87. The summed E-state index contributed by atoms with van der Waals surface area (Å²) in [6, 6.07) is 0. The number of aromatic nitrogens is 1. The topological polar surface area (TPSA) is 52.0 Å². The number of aryl methyl sites for hydroxylation is 1. The summed E-state index contributed by atoms with van der Waals surface area (Å²) in [7, 11) is 0. The first-order valence-corrected chi connectivity index (χ1v) is 2.95. The van der Waals surface area contributed by atoms with Crippen LogP contribution in [0.2, 0.25) is 0 Å². The van der Waals surface area contributed by atoms with Crippen LogP contribution in [-0.2, 0) is 6.42 Å². The SMILES string of the molecule is Cc1cnoc1CCN. The highest BCUT2D eigenvalue weighted by molar-refractivity contribution is 5.10. The molecule has 50 valence electrons. The standard InChI is InChI=1S/C6H10N2O/c1-5-4-8-9-6(5)2-3-7/h4H,2-3,7H2,1H3. The van der Waals surface area contributed by atoms with Gasteiger partial charge in [0.2, 0.25) is 0 Å². The van der Waals surface area contributed by atoms with Gasteiger partial charge in [0.1, 0.15) is 5.76 Å². The lowest BCUT2D eigenvalue weighted by molar-refractivity contribution is 0.383. The first-order valence-electron chi connectivity index (χ1n) is 2.95. The molecule has 0 aliphatic heterocycles. The maximum Gasteiger partial charge on any atom is 0.140 e. The summed E-state index contributed by atoms with van der Waals surface area (Å²) in [4.78, 5) is 0. The van der Waals surface area contributed by atoms with Crippen molar-refractivity contribution in [1.82, 2.24) is 5.16 Å². The fourth-order valence-corrected chi connectivity index (χ4v) is 0.687. The Bertz CT molecular complexity index is 183. The Balaban J connectivity index is 2.69. The molecule has 0 atom stereocenters. The predicted molar refractivity (Wildman–Crippen MR) is 34.0 cm³/mol. The Kier molecular flexibility index (Phi) is 1.85. The zero-order valence-electron chi connectivity index (χ0n) is 5.42. The van der Waals surface area contributed by atoms with Gasteiger partial charge in [0.05, 0.1) is 6.20 Å². The van der Waals surface area contributed by atoms with Gasteiger partial charge in [-0.1, -0.05) is 5.16 Å². The number of hydrogen-bond acceptors (Lipinski definition) is 3. The highest BCUT2D eigenvalue weighted by atomic mass is 16.5. The van der Waals surface area contributed by atoms with Gasteiger partial charge >= 0.3 is 0 Å². The van der Waals surface area contributed by atoms with Gasteiger partial charge in [0.15, 0.2) is 0 Å². The summed E-state index contributed by atoms with van der Waals surface area (Å²) in [5, 5.41) is 3.61. The van der Waals surface area contributed by atoms with Crippen molar-refractivity contribution in [3.05, 3.63) is 17.5 Å². The van der Waals surface area contributed by atoms with Crippen LogP contribution in [0.5, 0.6) is 0 Å². The van der Waals surface area contributed by atoms with E-state index in [-0.39, 0.29) is 0 Å². The number of nitrogens with two attached hydrogens (primary N) is 1. The molecule has 0 aromatic carbocycles. The molecule has 1 rings (SSSR count). The van der Waals surface area contributed by atoms with Gasteiger partial charge < -0.3 is 10.3 Å². The Morgan fingerprint density at radius 3 is 3.00 bits per heavy atom. The highest BCUT2D eigenvalue weighted by Crippen LogP contribution is 2.04. The van der Waals surface area contributed by atoms with E-state index in [0.717, 1.165) is 17.7 Å². The van der Waals surface area contributed by atoms with Crippen LogP contribution in [0.15, 0.2) is 10.7 Å². The molecule has 1 aromatic heterocycles. The third-order valence-corrected chi connectivity index (χ3v) is 1.22. The van der Waals surface area contributed by atoms with E-state index in [1.165, 1.54) is 0 Å². The monoisotopic (exact) mass is 126 g/mol. The molecule has 0 aliphatic carbocycles. The Hall–Kier alpha value is -0.830. The molecule has 3 heteroatoms. The highest BCUT2D eigenvalue weighted by Gasteiger charge is 1.99. The summed E-state index contributed by atoms with van der Waals surface area (Å²) in [5.74, 6) is 0.900. The predicted octanol–water partition coefficient (Wildman–Crippen LogP) is 0.484. The zero-order chi connectivity index (χ0) is 6.69. The van der Waals surface area contributed by atoms with Crippen LogP contribution >= 0.6 is 0 Å². The first-order chi connectivity index (χ1) is 4.34. The maximum absolute atomic E-state index is 5.30. The normalized spacial score (nSPS) is 10.0. The summed E-state index contributed by atoms with van der Waals surface area (Å²) >= 11 is 0. The molecule has 0 saturated heterocycles. The van der Waals surface area contributed by atoms with Crippen molar-refractivity contribution in [3.8, 4) is 0 Å². The van der Waals surface area contributed by atoms with Gasteiger partial charge in [-0.05, 0) is 13.5 Å². The molecule has 0 amide bonds. The van der Waals surface area contributed by atoms with Crippen molar-refractivity contribution in [1.29, 1.82) is 0 Å². The van der Waals surface area contributed by atoms with Crippen LogP contribution in [-0.4, -0.2) is 11.7 Å². The second-order valence-corrected chi connectivity index (χ2v) is 1.97. The van der Waals surface area contributed by atoms with Crippen molar-refractivity contribution >= 4 is 0 Å². The molecule has 0 fully saturated rings. The van der Waals surface area contributed by atoms with Crippen LogP contribution < -0.4 is 5.73 Å². The minimum absolute atomic E-state index is 0.621. The van der Waals surface area contributed by atoms with Crippen LogP contribution in [0, 0.1) is 6.92 Å². The van der Waals surface area contributed by atoms with Gasteiger partial charge in [-0.15, -0.1) is 0 Å². The Morgan fingerprint density at radius 2 is 2.56 bits per heavy atom. The quantitative estimate of drug-likeness (QED) is 0.627. The van der Waals surface area contributed by atoms with Crippen molar-refractivity contribution in [3.63, 3.8) is 0 Å². The molecule has 0 radical (unpaired) electrons. The number of hydrogen-bond donors (Lipinski definition) is 1.